The van der Waals surface area contributed by atoms with Crippen LogP contribution in [0, 0.1) is 0 Å². The summed E-state index contributed by atoms with van der Waals surface area (Å²) in [5.74, 6) is 2.72. The average Bonchev–Trinajstić information content (AvgIpc) is 2.74. The average molecular weight is 392 g/mol. The number of hydrogen-bond donors (Lipinski definition) is 0. The van der Waals surface area contributed by atoms with Crippen LogP contribution in [0.5, 0.6) is 11.5 Å². The number of benzene rings is 2. The van der Waals surface area contributed by atoms with E-state index in [9.17, 15) is 0 Å². The lowest BCUT2D eigenvalue weighted by atomic mass is 9.96. The molecule has 1 unspecified atom stereocenters. The summed E-state index contributed by atoms with van der Waals surface area (Å²) in [6.07, 6.45) is 1.20. The third-order valence-corrected chi connectivity index (χ3v) is 7.24. The van der Waals surface area contributed by atoms with Gasteiger partial charge in [0.15, 0.2) is 4.90 Å². The van der Waals surface area contributed by atoms with E-state index in [2.05, 4.69) is 38.1 Å². The minimum Gasteiger partial charge on any atom is -0.497 e. The molecule has 27 heavy (non-hydrogen) atoms. The van der Waals surface area contributed by atoms with E-state index < -0.39 is 5.79 Å². The molecule has 1 atom stereocenters. The molecule has 0 spiro atoms. The van der Waals surface area contributed by atoms with Gasteiger partial charge in [0.25, 0.3) is 0 Å². The molecule has 2 aromatic carbocycles. The van der Waals surface area contributed by atoms with Gasteiger partial charge in [-0.15, -0.1) is 0 Å². The monoisotopic (exact) mass is 391 g/mol. The van der Waals surface area contributed by atoms with E-state index in [1.54, 1.807) is 28.4 Å². The third kappa shape index (κ3) is 4.42. The molecule has 0 heterocycles. The second-order valence-electron chi connectivity index (χ2n) is 6.10. The van der Waals surface area contributed by atoms with Gasteiger partial charge in [0.1, 0.15) is 23.0 Å². The summed E-state index contributed by atoms with van der Waals surface area (Å²) >= 11 is 0. The predicted octanol–water partition coefficient (Wildman–Crippen LogP) is 4.60. The van der Waals surface area contributed by atoms with Crippen LogP contribution in [-0.4, -0.2) is 39.9 Å². The maximum absolute atomic E-state index is 5.91. The smallest absolute Gasteiger partial charge is 0.225 e. The molecule has 0 aromatic heterocycles. The van der Waals surface area contributed by atoms with Gasteiger partial charge in [0.05, 0.1) is 19.8 Å². The maximum atomic E-state index is 5.91. The minimum atomic E-state index is -1.05. The first kappa shape index (κ1) is 21.6. The molecule has 0 aliphatic carbocycles. The summed E-state index contributed by atoms with van der Waals surface area (Å²) in [6.45, 7) is 4.49. The van der Waals surface area contributed by atoms with Gasteiger partial charge in [-0.05, 0) is 49.7 Å². The van der Waals surface area contributed by atoms with Gasteiger partial charge in [-0.3, -0.25) is 0 Å². The van der Waals surface area contributed by atoms with Gasteiger partial charge in [-0.2, -0.15) is 0 Å². The first-order valence-electron chi connectivity index (χ1n) is 9.20. The zero-order valence-corrected chi connectivity index (χ0v) is 18.0. The normalized spacial score (nSPS) is 12.7. The van der Waals surface area contributed by atoms with Gasteiger partial charge in [-0.1, -0.05) is 6.92 Å². The first-order valence-corrected chi connectivity index (χ1v) is 10.8. The fraction of sp³-hybridized carbons (Fsp3) is 0.455. The number of rotatable bonds is 10. The van der Waals surface area contributed by atoms with E-state index in [4.69, 9.17) is 18.9 Å². The molecule has 0 saturated carbocycles. The van der Waals surface area contributed by atoms with Gasteiger partial charge in [-0.25, -0.2) is 0 Å². The maximum Gasteiger partial charge on any atom is 0.225 e. The Kier molecular flexibility index (Phi) is 8.02. The van der Waals surface area contributed by atoms with Crippen molar-refractivity contribution in [2.24, 2.45) is 0 Å². The highest BCUT2D eigenvalue weighted by Crippen LogP contribution is 2.41. The fourth-order valence-corrected chi connectivity index (χ4v) is 5.18. The Morgan fingerprint density at radius 1 is 0.852 bits per heavy atom. The van der Waals surface area contributed by atoms with E-state index in [-0.39, 0.29) is 10.9 Å². The SMILES string of the molecule is CCC[S+](CC)c1ccc(C(OC)(OC)c2ccc(OC)cc2OC)cc1. The molecule has 5 heteroatoms. The predicted molar refractivity (Wildman–Crippen MR) is 112 cm³/mol. The van der Waals surface area contributed by atoms with Crippen molar-refractivity contribution in [1.29, 1.82) is 0 Å². The molecule has 0 amide bonds. The molecule has 0 aliphatic rings. The Morgan fingerprint density at radius 3 is 2.00 bits per heavy atom. The van der Waals surface area contributed by atoms with Crippen LogP contribution < -0.4 is 9.47 Å². The Labute approximate surface area is 166 Å². The quantitative estimate of drug-likeness (QED) is 0.438. The van der Waals surface area contributed by atoms with Crippen molar-refractivity contribution in [2.45, 2.75) is 31.0 Å². The second-order valence-corrected chi connectivity index (χ2v) is 8.54. The molecule has 0 fully saturated rings. The Balaban J connectivity index is 2.50. The molecule has 0 bridgehead atoms. The Bertz CT molecular complexity index is 711. The van der Waals surface area contributed by atoms with Crippen LogP contribution in [-0.2, 0) is 26.2 Å². The Hall–Kier alpha value is -1.69. The summed E-state index contributed by atoms with van der Waals surface area (Å²) in [6, 6.07) is 14.2. The van der Waals surface area contributed by atoms with Crippen molar-refractivity contribution in [2.75, 3.05) is 39.9 Å². The summed E-state index contributed by atoms with van der Waals surface area (Å²) in [4.78, 5) is 1.38. The highest BCUT2D eigenvalue weighted by atomic mass is 32.2. The lowest BCUT2D eigenvalue weighted by molar-refractivity contribution is -0.184. The third-order valence-electron chi connectivity index (χ3n) is 4.70. The topological polar surface area (TPSA) is 36.9 Å². The van der Waals surface area contributed by atoms with E-state index in [1.807, 2.05) is 18.2 Å². The van der Waals surface area contributed by atoms with E-state index >= 15 is 0 Å². The molecule has 2 rings (SSSR count). The van der Waals surface area contributed by atoms with Gasteiger partial charge in [0.2, 0.25) is 5.79 Å². The fourth-order valence-electron chi connectivity index (χ4n) is 3.31. The van der Waals surface area contributed by atoms with Crippen LogP contribution >= 0.6 is 0 Å². The van der Waals surface area contributed by atoms with Gasteiger partial charge >= 0.3 is 0 Å². The van der Waals surface area contributed by atoms with Crippen molar-refractivity contribution >= 4 is 10.9 Å². The van der Waals surface area contributed by atoms with Crippen LogP contribution in [0.4, 0.5) is 0 Å². The van der Waals surface area contributed by atoms with Gasteiger partial charge < -0.3 is 18.9 Å². The number of methoxy groups -OCH3 is 4. The van der Waals surface area contributed by atoms with Crippen LogP contribution in [0.1, 0.15) is 31.4 Å². The summed E-state index contributed by atoms with van der Waals surface area (Å²) in [5.41, 5.74) is 1.72. The van der Waals surface area contributed by atoms with Crippen molar-refractivity contribution in [1.82, 2.24) is 0 Å². The minimum absolute atomic E-state index is 0.288. The number of hydrogen-bond acceptors (Lipinski definition) is 4. The van der Waals surface area contributed by atoms with Crippen molar-refractivity contribution in [3.05, 3.63) is 53.6 Å². The van der Waals surface area contributed by atoms with Crippen LogP contribution in [0.3, 0.4) is 0 Å². The lowest BCUT2D eigenvalue weighted by Crippen LogP contribution is -2.32. The van der Waals surface area contributed by atoms with Crippen molar-refractivity contribution in [3.63, 3.8) is 0 Å². The molecule has 0 saturated heterocycles. The molecule has 0 aliphatic heterocycles. The van der Waals surface area contributed by atoms with Crippen LogP contribution in [0.15, 0.2) is 47.4 Å². The summed E-state index contributed by atoms with van der Waals surface area (Å²) < 4.78 is 22.7. The highest BCUT2D eigenvalue weighted by molar-refractivity contribution is 7.96. The molecule has 0 N–H and O–H groups in total. The largest absolute Gasteiger partial charge is 0.497 e. The zero-order valence-electron chi connectivity index (χ0n) is 17.2. The molecule has 148 valence electrons. The lowest BCUT2D eigenvalue weighted by Gasteiger charge is -2.33. The molecular formula is C22H31O4S+. The van der Waals surface area contributed by atoms with E-state index in [1.165, 1.54) is 22.8 Å². The second kappa shape index (κ2) is 10.0. The summed E-state index contributed by atoms with van der Waals surface area (Å²) in [5, 5.41) is 0. The molecular weight excluding hydrogens is 360 g/mol. The van der Waals surface area contributed by atoms with E-state index in [0.717, 1.165) is 16.9 Å². The molecule has 4 nitrogen and oxygen atoms in total. The molecule has 2 aromatic rings. The highest BCUT2D eigenvalue weighted by Gasteiger charge is 2.38. The van der Waals surface area contributed by atoms with Crippen LogP contribution in [0.2, 0.25) is 0 Å². The van der Waals surface area contributed by atoms with Crippen molar-refractivity contribution < 1.29 is 18.9 Å². The molecule has 0 radical (unpaired) electrons. The number of ether oxygens (including phenoxy) is 4. The van der Waals surface area contributed by atoms with E-state index in [0.29, 0.717) is 5.75 Å². The standard InChI is InChI=1S/C22H31O4S/c1-7-15-27(8-2)19-12-9-17(10-13-19)22(25-5,26-6)20-14-11-18(23-3)16-21(20)24-4/h9-14,16H,7-8,15H2,1-6H3/q+1. The van der Waals surface area contributed by atoms with Crippen molar-refractivity contribution in [3.8, 4) is 11.5 Å². The zero-order chi connectivity index (χ0) is 19.9. The first-order chi connectivity index (χ1) is 13.1. The van der Waals surface area contributed by atoms with Crippen LogP contribution in [0.25, 0.3) is 0 Å². The Morgan fingerprint density at radius 2 is 1.52 bits per heavy atom. The summed E-state index contributed by atoms with van der Waals surface area (Å²) in [7, 11) is 6.85. The van der Waals surface area contributed by atoms with Gasteiger partial charge in [0, 0.05) is 36.7 Å².